The van der Waals surface area contributed by atoms with Crippen LogP contribution in [-0.4, -0.2) is 37.2 Å². The van der Waals surface area contributed by atoms with Crippen LogP contribution in [0.25, 0.3) is 0 Å². The number of carbonyl (C=O) groups is 3. The van der Waals surface area contributed by atoms with Gasteiger partial charge in [0, 0.05) is 19.3 Å². The Bertz CT molecular complexity index is 1250. The van der Waals surface area contributed by atoms with Crippen LogP contribution < -0.4 is 0 Å². The minimum absolute atomic E-state index is 0.0640. The van der Waals surface area contributed by atoms with Gasteiger partial charge in [0.25, 0.3) is 0 Å². The molecule has 0 N–H and O–H groups in total. The summed E-state index contributed by atoms with van der Waals surface area (Å²) in [5.41, 5.74) is 0. The summed E-state index contributed by atoms with van der Waals surface area (Å²) >= 11 is 0. The molecule has 0 aliphatic rings. The Kier molecular flexibility index (Phi) is 68.0. The van der Waals surface area contributed by atoms with Crippen LogP contribution in [0.5, 0.6) is 0 Å². The molecule has 0 radical (unpaired) electrons. The van der Waals surface area contributed by atoms with Crippen LogP contribution in [0, 0.1) is 0 Å². The highest BCUT2D eigenvalue weighted by Gasteiger charge is 2.20. The first kappa shape index (κ1) is 78.1. The lowest BCUT2D eigenvalue weighted by molar-refractivity contribution is -0.167. The van der Waals surface area contributed by atoms with Gasteiger partial charge in [0.1, 0.15) is 13.2 Å². The number of carbonyl (C=O) groups excluding carboxylic acids is 3. The van der Waals surface area contributed by atoms with Gasteiger partial charge in [0.05, 0.1) is 0 Å². The molecular weight excluding hydrogens is 985 g/mol. The van der Waals surface area contributed by atoms with Crippen molar-refractivity contribution in [3.63, 3.8) is 0 Å². The van der Waals surface area contributed by atoms with Gasteiger partial charge in [-0.3, -0.25) is 14.4 Å². The summed E-state index contributed by atoms with van der Waals surface area (Å²) < 4.78 is 17.0. The fourth-order valence-electron chi connectivity index (χ4n) is 11.5. The molecule has 0 aliphatic heterocycles. The lowest BCUT2D eigenvalue weighted by Gasteiger charge is -2.18. The number of rotatable bonds is 69. The first-order chi connectivity index (χ1) is 39.5. The quantitative estimate of drug-likeness (QED) is 0.0261. The van der Waals surface area contributed by atoms with E-state index in [0.717, 1.165) is 57.8 Å². The Morgan fingerprint density at radius 1 is 0.237 bits per heavy atom. The molecule has 0 saturated heterocycles. The van der Waals surface area contributed by atoms with E-state index in [9.17, 15) is 14.4 Å². The molecule has 0 bridgehead atoms. The Hall–Kier alpha value is -1.85. The van der Waals surface area contributed by atoms with Gasteiger partial charge in [-0.15, -0.1) is 0 Å². The monoisotopic (exact) mass is 1130 g/mol. The Balaban J connectivity index is 4.10. The van der Waals surface area contributed by atoms with Gasteiger partial charge in [-0.1, -0.05) is 373 Å². The van der Waals surface area contributed by atoms with E-state index in [1.165, 1.54) is 327 Å². The van der Waals surface area contributed by atoms with Gasteiger partial charge in [-0.2, -0.15) is 0 Å². The average Bonchev–Trinajstić information content (AvgIpc) is 3.46. The van der Waals surface area contributed by atoms with E-state index in [1.54, 1.807) is 0 Å². The lowest BCUT2D eigenvalue weighted by atomic mass is 10.0. The number of hydrogen-bond donors (Lipinski definition) is 0. The summed E-state index contributed by atoms with van der Waals surface area (Å²) in [5, 5.41) is 0. The molecule has 0 aliphatic carbocycles. The molecule has 0 saturated carbocycles. The van der Waals surface area contributed by atoms with Gasteiger partial charge in [-0.25, -0.2) is 0 Å². The second-order valence-corrected chi connectivity index (χ2v) is 25.2. The number of ether oxygens (including phenoxy) is 3. The van der Waals surface area contributed by atoms with Gasteiger partial charge in [0.15, 0.2) is 6.10 Å². The normalized spacial score (nSPS) is 12.0. The molecule has 0 aromatic rings. The van der Waals surface area contributed by atoms with Crippen molar-refractivity contribution < 1.29 is 28.6 Å². The molecule has 0 aromatic carbocycles. The maximum Gasteiger partial charge on any atom is 0.306 e. The van der Waals surface area contributed by atoms with E-state index in [2.05, 4.69) is 32.9 Å². The predicted molar refractivity (Wildman–Crippen MR) is 349 cm³/mol. The molecule has 0 spiro atoms. The fourth-order valence-corrected chi connectivity index (χ4v) is 11.5. The number of esters is 3. The zero-order valence-corrected chi connectivity index (χ0v) is 54.6. The van der Waals surface area contributed by atoms with Crippen LogP contribution in [0.2, 0.25) is 0 Å². The Morgan fingerprint density at radius 2 is 0.412 bits per heavy atom. The second kappa shape index (κ2) is 69.6. The summed E-state index contributed by atoms with van der Waals surface area (Å²) in [6.07, 6.45) is 84.1. The smallest absolute Gasteiger partial charge is 0.306 e. The summed E-state index contributed by atoms with van der Waals surface area (Å²) in [5.74, 6) is -0.833. The zero-order valence-electron chi connectivity index (χ0n) is 54.6. The van der Waals surface area contributed by atoms with Crippen LogP contribution in [0.15, 0.2) is 12.2 Å². The predicted octanol–water partition coefficient (Wildman–Crippen LogP) is 25.2. The first-order valence-corrected chi connectivity index (χ1v) is 36.7. The number of unbranched alkanes of at least 4 members (excludes halogenated alkanes) is 56. The van der Waals surface area contributed by atoms with E-state index in [0.29, 0.717) is 19.3 Å². The molecule has 474 valence electrons. The molecule has 1 atom stereocenters. The second-order valence-electron chi connectivity index (χ2n) is 25.2. The highest BCUT2D eigenvalue weighted by atomic mass is 16.6. The number of hydrogen-bond acceptors (Lipinski definition) is 6. The van der Waals surface area contributed by atoms with Gasteiger partial charge in [0.2, 0.25) is 0 Å². The van der Waals surface area contributed by atoms with Crippen molar-refractivity contribution in [1.29, 1.82) is 0 Å². The van der Waals surface area contributed by atoms with Crippen molar-refractivity contribution >= 4 is 17.9 Å². The van der Waals surface area contributed by atoms with Crippen molar-refractivity contribution in [2.75, 3.05) is 13.2 Å². The minimum Gasteiger partial charge on any atom is -0.462 e. The molecule has 0 amide bonds. The summed E-state index contributed by atoms with van der Waals surface area (Å²) in [6.45, 7) is 6.72. The van der Waals surface area contributed by atoms with Crippen LogP contribution in [0.1, 0.15) is 425 Å². The molecule has 1 unspecified atom stereocenters. The van der Waals surface area contributed by atoms with Crippen molar-refractivity contribution in [3.8, 4) is 0 Å². The summed E-state index contributed by atoms with van der Waals surface area (Å²) in [6, 6.07) is 0. The largest absolute Gasteiger partial charge is 0.462 e. The van der Waals surface area contributed by atoms with Crippen LogP contribution in [-0.2, 0) is 28.6 Å². The van der Waals surface area contributed by atoms with Crippen molar-refractivity contribution in [3.05, 3.63) is 12.2 Å². The lowest BCUT2D eigenvalue weighted by Crippen LogP contribution is -2.30. The summed E-state index contributed by atoms with van der Waals surface area (Å²) in [7, 11) is 0. The topological polar surface area (TPSA) is 78.9 Å². The molecule has 6 heteroatoms. The van der Waals surface area contributed by atoms with Crippen molar-refractivity contribution in [2.24, 2.45) is 0 Å². The first-order valence-electron chi connectivity index (χ1n) is 36.7. The third kappa shape index (κ3) is 66.9. The van der Waals surface area contributed by atoms with Crippen LogP contribution in [0.3, 0.4) is 0 Å². The Labute approximate surface area is 501 Å². The molecule has 6 nitrogen and oxygen atoms in total. The molecule has 0 fully saturated rings. The SMILES string of the molecule is CCCCCCCCCC/C=C\CCCCCCCCCCCC(=O)OC(COC(=O)CCCCCCCCCCCCC)COC(=O)CCCCCCCCCCCCCCCCCCCCCCCCCCCCCCCC. The fraction of sp³-hybridized carbons (Fsp3) is 0.932. The zero-order chi connectivity index (χ0) is 57.8. The van der Waals surface area contributed by atoms with E-state index in [1.807, 2.05) is 0 Å². The maximum atomic E-state index is 12.9. The minimum atomic E-state index is -0.767. The van der Waals surface area contributed by atoms with E-state index in [4.69, 9.17) is 14.2 Å². The average molecular weight is 1130 g/mol. The van der Waals surface area contributed by atoms with Crippen molar-refractivity contribution in [1.82, 2.24) is 0 Å². The molecular formula is C74H142O6. The molecule has 0 heterocycles. The molecule has 80 heavy (non-hydrogen) atoms. The highest BCUT2D eigenvalue weighted by molar-refractivity contribution is 5.71. The third-order valence-corrected chi connectivity index (χ3v) is 17.0. The highest BCUT2D eigenvalue weighted by Crippen LogP contribution is 2.19. The van der Waals surface area contributed by atoms with Gasteiger partial charge in [-0.05, 0) is 44.9 Å². The van der Waals surface area contributed by atoms with E-state index >= 15 is 0 Å². The Morgan fingerprint density at radius 3 is 0.625 bits per heavy atom. The van der Waals surface area contributed by atoms with Gasteiger partial charge >= 0.3 is 17.9 Å². The standard InChI is InChI=1S/C74H142O6/c1-4-7-10-13-16-19-22-24-26-28-30-32-33-34-35-36-37-38-39-40-42-43-45-47-49-52-55-58-61-64-67-73(76)79-70-71(69-78-72(75)66-63-60-57-54-51-21-18-15-12-9-6-3)80-74(77)68-65-62-59-56-53-50-48-46-44-41-31-29-27-25-23-20-17-14-11-8-5-2/h29,31,71H,4-28,30,32-70H2,1-3H3/b31-29-. The van der Waals surface area contributed by atoms with Crippen LogP contribution in [0.4, 0.5) is 0 Å². The van der Waals surface area contributed by atoms with Gasteiger partial charge < -0.3 is 14.2 Å². The number of allylic oxidation sites excluding steroid dienone is 2. The third-order valence-electron chi connectivity index (χ3n) is 17.0. The summed E-state index contributed by atoms with van der Waals surface area (Å²) in [4.78, 5) is 38.4. The molecule has 0 aromatic heterocycles. The van der Waals surface area contributed by atoms with E-state index in [-0.39, 0.29) is 31.1 Å². The van der Waals surface area contributed by atoms with Crippen molar-refractivity contribution in [2.45, 2.75) is 431 Å². The maximum absolute atomic E-state index is 12.9. The molecule has 0 rings (SSSR count). The van der Waals surface area contributed by atoms with E-state index < -0.39 is 6.10 Å². The van der Waals surface area contributed by atoms with Crippen LogP contribution >= 0.6 is 0 Å².